The number of hydrogen-bond donors (Lipinski definition) is 0. The third kappa shape index (κ3) is 99.2. The van der Waals surface area contributed by atoms with Crippen LogP contribution in [0.25, 0.3) is 0 Å². The molecule has 0 spiro atoms. The van der Waals surface area contributed by atoms with E-state index in [0.29, 0.717) is 0 Å². The van der Waals surface area contributed by atoms with Crippen LogP contribution in [-0.4, -0.2) is 29.8 Å². The Balaban J connectivity index is -0.000000170. The number of carboxylic acids is 5. The fourth-order valence-electron chi connectivity index (χ4n) is 6.11. The zero-order valence-electron chi connectivity index (χ0n) is 42.6. The minimum Gasteiger partial charge on any atom is -0.545 e. The van der Waals surface area contributed by atoms with E-state index >= 15 is 0 Å². The summed E-state index contributed by atoms with van der Waals surface area (Å²) in [4.78, 5) is 49.9. The first-order valence-corrected chi connectivity index (χ1v) is 25.7. The molecule has 0 aliphatic rings. The smallest absolute Gasteiger partial charge is 0.545 e. The van der Waals surface area contributed by atoms with Gasteiger partial charge in [-0.05, 0) is 94.6 Å². The summed E-state index contributed by atoms with van der Waals surface area (Å²) in [5, 5.41) is 49.9. The summed E-state index contributed by atoms with van der Waals surface area (Å²) in [6, 6.07) is 0. The van der Waals surface area contributed by atoms with Gasteiger partial charge in [-0.1, -0.05) is 226 Å². The van der Waals surface area contributed by atoms with Gasteiger partial charge in [0.15, 0.2) is 0 Å². The predicted molar refractivity (Wildman–Crippen MR) is 261 cm³/mol. The Morgan fingerprint density at radius 1 is 0.242 bits per heavy atom. The molecule has 0 bridgehead atoms. The number of carbonyl (C=O) groups is 5. The molecule has 0 rings (SSSR count). The molecule has 380 valence electrons. The molecule has 0 amide bonds. The molecule has 0 atom stereocenters. The fraction of sp³-hybridized carbons (Fsp3) is 0.727. The van der Waals surface area contributed by atoms with E-state index < -0.39 is 29.8 Å². The zero-order valence-corrected chi connectivity index (χ0v) is 43.9. The maximum atomic E-state index is 9.98. The predicted octanol–water partition coefficient (Wildman–Crippen LogP) is 10.2. The molecule has 0 aliphatic carbocycles. The number of carboxylic acid groups (broad SMARTS) is 5. The normalized spacial score (nSPS) is 10.7. The fourth-order valence-corrected chi connectivity index (χ4v) is 6.11. The minimum absolute atomic E-state index is 0. The van der Waals surface area contributed by atoms with Crippen LogP contribution >= 0.6 is 0 Å². The van der Waals surface area contributed by atoms with E-state index in [4.69, 9.17) is 0 Å². The summed E-state index contributed by atoms with van der Waals surface area (Å²) in [6.45, 7) is 11.0. The molecule has 66 heavy (non-hydrogen) atoms. The van der Waals surface area contributed by atoms with Crippen molar-refractivity contribution in [1.82, 2.24) is 0 Å². The van der Waals surface area contributed by atoms with Crippen LogP contribution in [0.5, 0.6) is 0 Å². The van der Waals surface area contributed by atoms with Crippen LogP contribution in [0, 0.1) is 0 Å². The topological polar surface area (TPSA) is 201 Å². The Morgan fingerprint density at radius 2 is 0.364 bits per heavy atom. The van der Waals surface area contributed by atoms with Crippen molar-refractivity contribution in [1.29, 1.82) is 0 Å². The summed E-state index contributed by atoms with van der Waals surface area (Å²) in [5.74, 6) is -5.46. The maximum absolute atomic E-state index is 9.98. The largest absolute Gasteiger partial charge is 5.00 e. The molecule has 0 saturated carbocycles. The summed E-state index contributed by atoms with van der Waals surface area (Å²) in [6.07, 6.45) is 55.6. The van der Waals surface area contributed by atoms with Crippen LogP contribution in [0.2, 0.25) is 0 Å². The third-order valence-electron chi connectivity index (χ3n) is 9.89. The molecule has 0 aromatic rings. The van der Waals surface area contributed by atoms with Gasteiger partial charge in [-0.15, -0.1) is 0 Å². The maximum Gasteiger partial charge on any atom is 5.00 e. The van der Waals surface area contributed by atoms with Crippen molar-refractivity contribution in [2.24, 2.45) is 0 Å². The third-order valence-corrected chi connectivity index (χ3v) is 9.89. The molecule has 0 heterocycles. The van der Waals surface area contributed by atoms with Gasteiger partial charge < -0.3 is 49.5 Å². The van der Waals surface area contributed by atoms with E-state index in [9.17, 15) is 49.5 Å². The molecule has 10 nitrogen and oxygen atoms in total. The molecule has 0 radical (unpaired) electrons. The molecular weight excluding hydrogens is 872 g/mol. The van der Waals surface area contributed by atoms with Crippen LogP contribution in [0.15, 0.2) is 60.8 Å². The summed E-state index contributed by atoms with van der Waals surface area (Å²) in [5.41, 5.74) is 0. The molecule has 0 aliphatic heterocycles. The summed E-state index contributed by atoms with van der Waals surface area (Å²) >= 11 is 0. The van der Waals surface area contributed by atoms with Gasteiger partial charge in [-0.3, -0.25) is 0 Å². The number of aliphatic carboxylic acids is 5. The van der Waals surface area contributed by atoms with Crippen LogP contribution in [0.3, 0.4) is 0 Å². The van der Waals surface area contributed by atoms with Gasteiger partial charge in [0.2, 0.25) is 0 Å². The van der Waals surface area contributed by atoms with Crippen molar-refractivity contribution < 1.29 is 68.1 Å². The van der Waals surface area contributed by atoms with Crippen molar-refractivity contribution in [2.75, 3.05) is 0 Å². The second kappa shape index (κ2) is 70.6. The van der Waals surface area contributed by atoms with Crippen LogP contribution in [0.1, 0.15) is 259 Å². The summed E-state index contributed by atoms with van der Waals surface area (Å²) in [7, 11) is 0. The molecule has 0 N–H and O–H groups in total. The van der Waals surface area contributed by atoms with E-state index in [-0.39, 0.29) is 18.6 Å². The molecule has 0 fully saturated rings. The number of allylic oxidation sites excluding steroid dienone is 5. The van der Waals surface area contributed by atoms with Gasteiger partial charge >= 0.3 is 18.6 Å². The van der Waals surface area contributed by atoms with Gasteiger partial charge in [0.05, 0.1) is 29.8 Å². The minimum atomic E-state index is -1.09. The van der Waals surface area contributed by atoms with Gasteiger partial charge in [-0.2, -0.15) is 0 Å². The van der Waals surface area contributed by atoms with Gasteiger partial charge in [0.1, 0.15) is 0 Å². The first-order valence-electron chi connectivity index (χ1n) is 25.7. The molecule has 0 aromatic heterocycles. The van der Waals surface area contributed by atoms with Crippen LogP contribution in [-0.2, 0) is 42.5 Å². The van der Waals surface area contributed by atoms with Crippen molar-refractivity contribution in [3.8, 4) is 0 Å². The molecule has 0 aromatic carbocycles. The van der Waals surface area contributed by atoms with Crippen molar-refractivity contribution in [3.05, 3.63) is 60.8 Å². The number of hydrogen-bond acceptors (Lipinski definition) is 10. The van der Waals surface area contributed by atoms with Crippen LogP contribution in [0.4, 0.5) is 0 Å². The quantitative estimate of drug-likeness (QED) is 0.0420. The Morgan fingerprint density at radius 3 is 0.485 bits per heavy atom. The first-order chi connectivity index (χ1) is 31.4. The Hall–Kier alpha value is -3.37. The Labute approximate surface area is 416 Å². The van der Waals surface area contributed by atoms with E-state index in [2.05, 4.69) is 34.6 Å². The van der Waals surface area contributed by atoms with E-state index in [1.807, 2.05) is 0 Å². The Bertz CT molecular complexity index is 967. The Kier molecular flexibility index (Phi) is 79.4. The zero-order chi connectivity index (χ0) is 49.7. The first kappa shape index (κ1) is 74.2. The SMILES string of the molecule is CCCCCCCCC=CC(=O)[O-].CCCCCCCCC=CC(=O)[O-].CCCCCCCCC=CC(=O)[O-].CCCCCCCCC=CC(=O)[O-].CCCCCCCCC=CC(=O)[O-].[V+5]. The second-order valence-electron chi connectivity index (χ2n) is 16.4. The number of rotatable bonds is 40. The van der Waals surface area contributed by atoms with Crippen molar-refractivity contribution >= 4 is 29.8 Å². The second-order valence-corrected chi connectivity index (χ2v) is 16.4. The molecule has 0 saturated heterocycles. The van der Waals surface area contributed by atoms with Crippen LogP contribution < -0.4 is 25.5 Å². The van der Waals surface area contributed by atoms with Crippen molar-refractivity contribution in [2.45, 2.75) is 259 Å². The number of unbranched alkanes of at least 4 members (excludes halogenated alkanes) is 30. The van der Waals surface area contributed by atoms with Gasteiger partial charge in [0.25, 0.3) is 0 Å². The molecule has 0 unspecified atom stereocenters. The average molecular weight is 967 g/mol. The van der Waals surface area contributed by atoms with Crippen molar-refractivity contribution in [3.63, 3.8) is 0 Å². The van der Waals surface area contributed by atoms with Gasteiger partial charge in [0, 0.05) is 0 Å². The van der Waals surface area contributed by atoms with E-state index in [0.717, 1.165) is 94.6 Å². The molecular formula is C55H95O10V. The summed E-state index contributed by atoms with van der Waals surface area (Å²) < 4.78 is 0. The van der Waals surface area contributed by atoms with Gasteiger partial charge in [-0.25, -0.2) is 0 Å². The van der Waals surface area contributed by atoms with E-state index in [1.165, 1.54) is 161 Å². The average Bonchev–Trinajstić information content (AvgIpc) is 3.26. The van der Waals surface area contributed by atoms with E-state index in [1.54, 1.807) is 30.4 Å². The monoisotopic (exact) mass is 967 g/mol. The standard InChI is InChI=1S/5C11H20O2.V/c5*1-2-3-4-5-6-7-8-9-10-11(12)13;/h5*9-10H,2-8H2,1H3,(H,12,13);/q;;;;;+5/p-5. The number of carbonyl (C=O) groups excluding carboxylic acids is 5. The molecule has 11 heteroatoms.